The Labute approximate surface area is 340 Å². The van der Waals surface area contributed by atoms with E-state index in [0.717, 1.165) is 25.9 Å². The summed E-state index contributed by atoms with van der Waals surface area (Å²) in [5, 5.41) is 22.5. The van der Waals surface area contributed by atoms with E-state index in [1.54, 1.807) is 48.5 Å². The Morgan fingerprint density at radius 2 is 1.57 bits per heavy atom. The highest BCUT2D eigenvalue weighted by Crippen LogP contribution is 2.36. The number of carboxylic acids is 1. The van der Waals surface area contributed by atoms with E-state index in [2.05, 4.69) is 10.2 Å². The molecule has 0 saturated carbocycles. The van der Waals surface area contributed by atoms with Crippen LogP contribution in [0, 0.1) is 16.9 Å². The van der Waals surface area contributed by atoms with Crippen LogP contribution >= 0.6 is 23.2 Å². The van der Waals surface area contributed by atoms with E-state index in [-0.39, 0.29) is 34.7 Å². The molecular weight excluding hydrogens is 813 g/mol. The fraction of sp³-hybridized carbons (Fsp3) is 0.350. The third-order valence-electron chi connectivity index (χ3n) is 9.69. The number of aliphatic carboxylic acids is 1. The Hall–Kier alpha value is -5.16. The lowest BCUT2D eigenvalue weighted by Crippen LogP contribution is -2.52. The van der Waals surface area contributed by atoms with E-state index >= 15 is 0 Å². The zero-order valence-electron chi connectivity index (χ0n) is 31.1. The molecule has 3 aliphatic rings. The van der Waals surface area contributed by atoms with Gasteiger partial charge < -0.3 is 29.3 Å². The number of nitrogens with one attached hydrogen (secondary N) is 1. The van der Waals surface area contributed by atoms with Crippen LogP contribution in [0.5, 0.6) is 11.5 Å². The maximum Gasteiger partial charge on any atom is 0.490 e. The molecule has 3 aromatic carbocycles. The van der Waals surface area contributed by atoms with Crippen molar-refractivity contribution < 1.29 is 60.7 Å². The van der Waals surface area contributed by atoms with Crippen molar-refractivity contribution in [3.8, 4) is 11.5 Å². The van der Waals surface area contributed by atoms with Crippen LogP contribution in [0.25, 0.3) is 0 Å². The summed E-state index contributed by atoms with van der Waals surface area (Å²) < 4.78 is 69.0. The van der Waals surface area contributed by atoms with Crippen molar-refractivity contribution in [3.05, 3.63) is 128 Å². The average Bonchev–Trinajstić information content (AvgIpc) is 3.19. The summed E-state index contributed by atoms with van der Waals surface area (Å²) in [7, 11) is 3.01. The summed E-state index contributed by atoms with van der Waals surface area (Å²) in [5.41, 5.74) is 2.53. The summed E-state index contributed by atoms with van der Waals surface area (Å²) in [6.07, 6.45) is -1.76. The molecule has 4 heterocycles. The molecule has 0 radical (unpaired) electrons. The minimum Gasteiger partial charge on any atom is -0.619 e. The van der Waals surface area contributed by atoms with E-state index in [4.69, 9.17) is 52.1 Å². The summed E-state index contributed by atoms with van der Waals surface area (Å²) in [4.78, 5) is 38.5. The lowest BCUT2D eigenvalue weighted by atomic mass is 9.86. The first-order chi connectivity index (χ1) is 27.6. The van der Waals surface area contributed by atoms with Crippen molar-refractivity contribution >= 4 is 41.1 Å². The number of methoxy groups -OCH3 is 2. The molecule has 3 saturated heterocycles. The molecule has 3 fully saturated rings. The number of pyridine rings is 1. The molecule has 3 atom stereocenters. The second kappa shape index (κ2) is 19.5. The normalized spacial score (nSPS) is 18.2. The van der Waals surface area contributed by atoms with Gasteiger partial charge in [-0.3, -0.25) is 10.2 Å². The Balaban J connectivity index is 0.000000839. The van der Waals surface area contributed by atoms with Crippen LogP contribution in [0.1, 0.15) is 57.6 Å². The topological polar surface area (TPSA) is 151 Å². The number of benzene rings is 3. The van der Waals surface area contributed by atoms with Crippen molar-refractivity contribution in [1.82, 2.24) is 10.2 Å². The molecule has 18 heteroatoms. The van der Waals surface area contributed by atoms with E-state index in [9.17, 15) is 32.4 Å². The predicted octanol–water partition coefficient (Wildman–Crippen LogP) is 7.03. The van der Waals surface area contributed by atoms with Crippen LogP contribution < -0.4 is 19.5 Å². The molecular formula is C40H39Cl2F4N3O9. The average molecular weight is 853 g/mol. The number of carboxylic acid groups (broad SMARTS) is 1. The third-order valence-corrected chi connectivity index (χ3v) is 10.3. The Morgan fingerprint density at radius 3 is 2.14 bits per heavy atom. The van der Waals surface area contributed by atoms with E-state index in [1.165, 1.54) is 38.7 Å². The minimum absolute atomic E-state index is 0.0576. The maximum atomic E-state index is 13.8. The SMILES string of the molecule is COc1ccc(C(Cc2c(Cl)c[n+]([O-])cc2Cl)OC(=O)c2cccc(CNC(C(=O)O[C@H]3CN4CCC3CC4)c3ccc(F)cc3)c2)cc1OC.O=C(O)C(F)(F)F. The smallest absolute Gasteiger partial charge is 0.490 e. The minimum atomic E-state index is -5.08. The molecule has 7 rings (SSSR count). The maximum absolute atomic E-state index is 13.8. The first kappa shape index (κ1) is 44.0. The van der Waals surface area contributed by atoms with Crippen LogP contribution in [0.15, 0.2) is 79.1 Å². The number of esters is 2. The molecule has 0 aliphatic carbocycles. The number of hydrogen-bond acceptors (Lipinski definition) is 10. The van der Waals surface area contributed by atoms with Gasteiger partial charge in [-0.2, -0.15) is 17.9 Å². The first-order valence-electron chi connectivity index (χ1n) is 17.9. The number of carbonyl (C=O) groups excluding carboxylic acids is 2. The third kappa shape index (κ3) is 11.5. The molecule has 2 N–H and O–H groups in total. The first-order valence-corrected chi connectivity index (χ1v) is 18.6. The van der Waals surface area contributed by atoms with E-state index < -0.39 is 42.0 Å². The molecule has 1 aromatic heterocycles. The van der Waals surface area contributed by atoms with Crippen molar-refractivity contribution in [2.75, 3.05) is 33.9 Å². The molecule has 4 aromatic rings. The molecule has 58 heavy (non-hydrogen) atoms. The number of fused-ring (bicyclic) bond motifs is 3. The van der Waals surface area contributed by atoms with Crippen LogP contribution in [0.2, 0.25) is 10.0 Å². The van der Waals surface area contributed by atoms with Crippen molar-refractivity contribution in [2.45, 2.75) is 50.2 Å². The van der Waals surface area contributed by atoms with Gasteiger partial charge >= 0.3 is 24.1 Å². The predicted molar refractivity (Wildman–Crippen MR) is 202 cm³/mol. The number of hydrogen-bond donors (Lipinski definition) is 2. The Bertz CT molecular complexity index is 2060. The summed E-state index contributed by atoms with van der Waals surface area (Å²) in [5.74, 6) is -2.99. The Morgan fingerprint density at radius 1 is 0.948 bits per heavy atom. The number of alkyl halides is 3. The van der Waals surface area contributed by atoms with Gasteiger partial charge in [0.25, 0.3) is 0 Å². The highest BCUT2D eigenvalue weighted by molar-refractivity contribution is 6.35. The number of carbonyl (C=O) groups is 3. The Kier molecular flexibility index (Phi) is 14.8. The van der Waals surface area contributed by atoms with Crippen LogP contribution in [0.3, 0.4) is 0 Å². The number of piperidine rings is 3. The number of halogens is 6. The van der Waals surface area contributed by atoms with Gasteiger partial charge in [-0.15, -0.1) is 0 Å². The van der Waals surface area contributed by atoms with Crippen LogP contribution in [-0.2, 0) is 32.0 Å². The number of rotatable bonds is 13. The molecule has 0 spiro atoms. The fourth-order valence-electron chi connectivity index (χ4n) is 6.67. The molecule has 310 valence electrons. The lowest BCUT2D eigenvalue weighted by Gasteiger charge is -2.44. The zero-order chi connectivity index (χ0) is 42.1. The number of aromatic nitrogens is 1. The second-order valence-corrected chi connectivity index (χ2v) is 14.3. The van der Waals surface area contributed by atoms with Crippen LogP contribution in [0.4, 0.5) is 17.6 Å². The number of nitrogens with zero attached hydrogens (tertiary/aromatic N) is 2. The number of ether oxygens (including phenoxy) is 4. The van der Waals surface area contributed by atoms with Crippen LogP contribution in [-0.4, -0.2) is 74.0 Å². The standard InChI is InChI=1S/C38H38Cl2FN3O7.C2HF3O2/c1-48-32-11-8-26(17-34(32)49-2)33(18-29-30(39)20-44(47)21-31(29)40)50-37(45)27-5-3-4-23(16-27)19-42-36(25-6-9-28(41)10-7-25)38(46)51-35-22-43-14-12-24(35)13-15-43;3-2(4,5)1(6)7/h3-11,16-17,20-21,24,33,35-36,42H,12-15,18-19,22H2,1-2H3;(H,6,7)/t33?,35-,36?;/m0./s1. The van der Waals surface area contributed by atoms with Gasteiger partial charge in [0.15, 0.2) is 23.9 Å². The summed E-state index contributed by atoms with van der Waals surface area (Å²) in [6, 6.07) is 16.8. The van der Waals surface area contributed by atoms with Crippen molar-refractivity contribution in [3.63, 3.8) is 0 Å². The highest BCUT2D eigenvalue weighted by Gasteiger charge is 2.39. The van der Waals surface area contributed by atoms with E-state index in [0.29, 0.717) is 50.9 Å². The van der Waals surface area contributed by atoms with Gasteiger partial charge in [0, 0.05) is 25.1 Å². The lowest BCUT2D eigenvalue weighted by molar-refractivity contribution is -0.605. The van der Waals surface area contributed by atoms with E-state index in [1.807, 2.05) is 6.07 Å². The fourth-order valence-corrected chi connectivity index (χ4v) is 7.27. The summed E-state index contributed by atoms with van der Waals surface area (Å²) in [6.45, 7) is 2.94. The monoisotopic (exact) mass is 851 g/mol. The summed E-state index contributed by atoms with van der Waals surface area (Å²) >= 11 is 12.8. The second-order valence-electron chi connectivity index (χ2n) is 13.5. The van der Waals surface area contributed by atoms with Crippen molar-refractivity contribution in [2.24, 2.45) is 5.92 Å². The van der Waals surface area contributed by atoms with Gasteiger partial charge in [0.1, 0.15) is 34.1 Å². The quantitative estimate of drug-likeness (QED) is 0.0618. The molecule has 2 unspecified atom stereocenters. The molecule has 2 bridgehead atoms. The highest BCUT2D eigenvalue weighted by atomic mass is 35.5. The zero-order valence-corrected chi connectivity index (χ0v) is 32.7. The van der Waals surface area contributed by atoms with Gasteiger partial charge in [-0.25, -0.2) is 18.8 Å². The molecule has 0 amide bonds. The van der Waals surface area contributed by atoms with Gasteiger partial charge in [-0.05, 0) is 84.9 Å². The van der Waals surface area contributed by atoms with Gasteiger partial charge in [-0.1, -0.05) is 53.5 Å². The molecule has 12 nitrogen and oxygen atoms in total. The van der Waals surface area contributed by atoms with Gasteiger partial charge in [0.2, 0.25) is 0 Å². The molecule has 3 aliphatic heterocycles. The largest absolute Gasteiger partial charge is 0.619 e. The van der Waals surface area contributed by atoms with Gasteiger partial charge in [0.05, 0.1) is 19.8 Å². The van der Waals surface area contributed by atoms with Crippen molar-refractivity contribution in [1.29, 1.82) is 0 Å².